The number of likely N-dealkylation sites (N-methyl/N-ethyl adjacent to an activating group) is 1. The molecular weight excluding hydrogens is 240 g/mol. The van der Waals surface area contributed by atoms with Gasteiger partial charge in [0.25, 0.3) is 0 Å². The molecule has 1 aliphatic rings. The van der Waals surface area contributed by atoms with E-state index in [2.05, 4.69) is 15.2 Å². The van der Waals surface area contributed by atoms with Gasteiger partial charge in [0, 0.05) is 52.7 Å². The van der Waals surface area contributed by atoms with E-state index in [0.717, 1.165) is 32.6 Å². The van der Waals surface area contributed by atoms with Gasteiger partial charge in [-0.15, -0.1) is 0 Å². The Balaban J connectivity index is 1.94. The summed E-state index contributed by atoms with van der Waals surface area (Å²) in [7, 11) is 3.63. The van der Waals surface area contributed by atoms with Crippen molar-refractivity contribution in [3.8, 4) is 0 Å². The average molecular weight is 262 g/mol. The van der Waals surface area contributed by atoms with Crippen LogP contribution < -0.4 is 5.32 Å². The van der Waals surface area contributed by atoms with E-state index in [9.17, 15) is 4.79 Å². The van der Waals surface area contributed by atoms with Gasteiger partial charge >= 0.3 is 0 Å². The SMILES string of the molecule is CN(C)C(=O)C1CNCCN1CCc1ccncc1. The monoisotopic (exact) mass is 262 g/mol. The van der Waals surface area contributed by atoms with E-state index in [1.165, 1.54) is 5.56 Å². The van der Waals surface area contributed by atoms with Gasteiger partial charge in [0.15, 0.2) is 0 Å². The van der Waals surface area contributed by atoms with Gasteiger partial charge in [-0.1, -0.05) is 0 Å². The van der Waals surface area contributed by atoms with Gasteiger partial charge in [-0.05, 0) is 24.1 Å². The maximum Gasteiger partial charge on any atom is 0.240 e. The number of aromatic nitrogens is 1. The summed E-state index contributed by atoms with van der Waals surface area (Å²) in [6.45, 7) is 3.53. The van der Waals surface area contributed by atoms with E-state index < -0.39 is 0 Å². The minimum atomic E-state index is -0.0365. The number of carbonyl (C=O) groups is 1. The molecule has 1 aromatic rings. The second kappa shape index (κ2) is 6.63. The minimum absolute atomic E-state index is 0.0365. The van der Waals surface area contributed by atoms with Crippen LogP contribution in [0.5, 0.6) is 0 Å². The van der Waals surface area contributed by atoms with Crippen molar-refractivity contribution in [1.82, 2.24) is 20.1 Å². The summed E-state index contributed by atoms with van der Waals surface area (Å²) in [6.07, 6.45) is 4.59. The molecule has 0 saturated carbocycles. The molecule has 2 heterocycles. The molecule has 1 unspecified atom stereocenters. The first-order valence-corrected chi connectivity index (χ1v) is 6.73. The maximum atomic E-state index is 12.2. The highest BCUT2D eigenvalue weighted by atomic mass is 16.2. The van der Waals surface area contributed by atoms with E-state index >= 15 is 0 Å². The lowest BCUT2D eigenvalue weighted by atomic mass is 10.1. The lowest BCUT2D eigenvalue weighted by Crippen LogP contribution is -2.57. The first kappa shape index (κ1) is 14.0. The third-order valence-electron chi connectivity index (χ3n) is 3.52. The van der Waals surface area contributed by atoms with E-state index in [1.807, 2.05) is 38.6 Å². The Morgan fingerprint density at radius 1 is 1.47 bits per heavy atom. The minimum Gasteiger partial charge on any atom is -0.347 e. The smallest absolute Gasteiger partial charge is 0.240 e. The van der Waals surface area contributed by atoms with Crippen LogP contribution in [0.3, 0.4) is 0 Å². The molecule has 0 aromatic carbocycles. The number of piperazine rings is 1. The normalized spacial score (nSPS) is 20.2. The highest BCUT2D eigenvalue weighted by molar-refractivity contribution is 5.81. The third kappa shape index (κ3) is 3.75. The fourth-order valence-electron chi connectivity index (χ4n) is 2.38. The Kier molecular flexibility index (Phi) is 4.87. The molecule has 5 heteroatoms. The van der Waals surface area contributed by atoms with Crippen LogP contribution in [0.15, 0.2) is 24.5 Å². The number of carbonyl (C=O) groups excluding carboxylic acids is 1. The van der Waals surface area contributed by atoms with Crippen LogP contribution in [0.4, 0.5) is 0 Å². The second-order valence-electron chi connectivity index (χ2n) is 5.09. The van der Waals surface area contributed by atoms with Crippen molar-refractivity contribution < 1.29 is 4.79 Å². The van der Waals surface area contributed by atoms with Crippen LogP contribution in [0.2, 0.25) is 0 Å². The molecule has 0 bridgehead atoms. The highest BCUT2D eigenvalue weighted by Gasteiger charge is 2.29. The van der Waals surface area contributed by atoms with E-state index in [0.29, 0.717) is 0 Å². The van der Waals surface area contributed by atoms with Crippen LogP contribution in [0.1, 0.15) is 5.56 Å². The Labute approximate surface area is 114 Å². The fourth-order valence-corrected chi connectivity index (χ4v) is 2.38. The van der Waals surface area contributed by atoms with Crippen molar-refractivity contribution in [2.45, 2.75) is 12.5 Å². The molecular formula is C14H22N4O. The number of nitrogens with zero attached hydrogens (tertiary/aromatic N) is 3. The third-order valence-corrected chi connectivity index (χ3v) is 3.52. The lowest BCUT2D eigenvalue weighted by Gasteiger charge is -2.36. The van der Waals surface area contributed by atoms with Gasteiger partial charge in [0.05, 0.1) is 0 Å². The molecule has 0 radical (unpaired) electrons. The topological polar surface area (TPSA) is 48.5 Å². The summed E-state index contributed by atoms with van der Waals surface area (Å²) < 4.78 is 0. The number of pyridine rings is 1. The Hall–Kier alpha value is -1.46. The number of amides is 1. The predicted molar refractivity (Wildman–Crippen MR) is 74.9 cm³/mol. The maximum absolute atomic E-state index is 12.2. The van der Waals surface area contributed by atoms with Gasteiger partial charge < -0.3 is 10.2 Å². The van der Waals surface area contributed by atoms with Crippen molar-refractivity contribution in [3.05, 3.63) is 30.1 Å². The molecule has 1 aromatic heterocycles. The van der Waals surface area contributed by atoms with Crippen LogP contribution in [0.25, 0.3) is 0 Å². The van der Waals surface area contributed by atoms with Gasteiger partial charge in [0.1, 0.15) is 6.04 Å². The summed E-state index contributed by atoms with van der Waals surface area (Å²) in [5.74, 6) is 0.182. The molecule has 19 heavy (non-hydrogen) atoms. The first-order chi connectivity index (χ1) is 9.18. The summed E-state index contributed by atoms with van der Waals surface area (Å²) >= 11 is 0. The van der Waals surface area contributed by atoms with Crippen molar-refractivity contribution in [1.29, 1.82) is 0 Å². The van der Waals surface area contributed by atoms with Crippen LogP contribution >= 0.6 is 0 Å². The predicted octanol–water partition coefficient (Wildman–Crippen LogP) is -0.0139. The molecule has 1 atom stereocenters. The zero-order valence-electron chi connectivity index (χ0n) is 11.7. The lowest BCUT2D eigenvalue weighted by molar-refractivity contribution is -0.135. The number of hydrogen-bond acceptors (Lipinski definition) is 4. The Morgan fingerprint density at radius 2 is 2.21 bits per heavy atom. The zero-order chi connectivity index (χ0) is 13.7. The largest absolute Gasteiger partial charge is 0.347 e. The number of hydrogen-bond donors (Lipinski definition) is 1. The van der Waals surface area contributed by atoms with Gasteiger partial charge in [-0.25, -0.2) is 0 Å². The number of rotatable bonds is 4. The van der Waals surface area contributed by atoms with E-state index in [4.69, 9.17) is 0 Å². The molecule has 1 aliphatic heterocycles. The number of nitrogens with one attached hydrogen (secondary N) is 1. The van der Waals surface area contributed by atoms with Crippen molar-refractivity contribution in [2.24, 2.45) is 0 Å². The standard InChI is InChI=1S/C14H22N4O/c1-17(2)14(19)13-11-16-8-10-18(13)9-5-12-3-6-15-7-4-12/h3-4,6-7,13,16H,5,8-11H2,1-2H3. The highest BCUT2D eigenvalue weighted by Crippen LogP contribution is 2.08. The molecule has 1 amide bonds. The summed E-state index contributed by atoms with van der Waals surface area (Å²) in [4.78, 5) is 20.1. The molecule has 0 spiro atoms. The van der Waals surface area contributed by atoms with Crippen LogP contribution in [-0.4, -0.2) is 67.0 Å². The summed E-state index contributed by atoms with van der Waals surface area (Å²) in [6, 6.07) is 4.03. The van der Waals surface area contributed by atoms with E-state index in [-0.39, 0.29) is 11.9 Å². The average Bonchev–Trinajstić information content (AvgIpc) is 2.45. The van der Waals surface area contributed by atoms with Gasteiger partial charge in [0.2, 0.25) is 5.91 Å². The molecule has 5 nitrogen and oxygen atoms in total. The van der Waals surface area contributed by atoms with Gasteiger partial charge in [-0.3, -0.25) is 14.7 Å². The van der Waals surface area contributed by atoms with Crippen LogP contribution in [0, 0.1) is 0 Å². The fraction of sp³-hybridized carbons (Fsp3) is 0.571. The van der Waals surface area contributed by atoms with E-state index in [1.54, 1.807) is 4.90 Å². The Morgan fingerprint density at radius 3 is 2.89 bits per heavy atom. The molecule has 0 aliphatic carbocycles. The zero-order valence-corrected chi connectivity index (χ0v) is 11.7. The first-order valence-electron chi connectivity index (χ1n) is 6.73. The van der Waals surface area contributed by atoms with Crippen molar-refractivity contribution in [2.75, 3.05) is 40.3 Å². The van der Waals surface area contributed by atoms with Crippen molar-refractivity contribution in [3.63, 3.8) is 0 Å². The van der Waals surface area contributed by atoms with Crippen molar-refractivity contribution >= 4 is 5.91 Å². The molecule has 1 N–H and O–H groups in total. The second-order valence-corrected chi connectivity index (χ2v) is 5.09. The van der Waals surface area contributed by atoms with Gasteiger partial charge in [-0.2, -0.15) is 0 Å². The molecule has 2 rings (SSSR count). The summed E-state index contributed by atoms with van der Waals surface area (Å²) in [5.41, 5.74) is 1.27. The molecule has 104 valence electrons. The quantitative estimate of drug-likeness (QED) is 0.829. The molecule has 1 saturated heterocycles. The summed E-state index contributed by atoms with van der Waals surface area (Å²) in [5, 5.41) is 3.30. The Bertz CT molecular complexity index is 407. The van der Waals surface area contributed by atoms with Crippen LogP contribution in [-0.2, 0) is 11.2 Å². The molecule has 1 fully saturated rings.